The van der Waals surface area contributed by atoms with Crippen molar-refractivity contribution in [2.45, 2.75) is 19.9 Å². The van der Waals surface area contributed by atoms with E-state index in [2.05, 4.69) is 17.2 Å². The Morgan fingerprint density at radius 3 is 2.62 bits per heavy atom. The molecule has 26 heavy (non-hydrogen) atoms. The van der Waals surface area contributed by atoms with Gasteiger partial charge in [0.05, 0.1) is 11.5 Å². The van der Waals surface area contributed by atoms with Gasteiger partial charge in [0.25, 0.3) is 5.69 Å². The molecule has 0 aliphatic carbocycles. The van der Waals surface area contributed by atoms with E-state index in [0.29, 0.717) is 17.8 Å². The number of thiazole rings is 1. The topological polar surface area (TPSA) is 85.1 Å². The Morgan fingerprint density at radius 2 is 1.96 bits per heavy atom. The summed E-state index contributed by atoms with van der Waals surface area (Å²) >= 11 is 1.57. The van der Waals surface area contributed by atoms with Gasteiger partial charge in [-0.25, -0.2) is 4.98 Å². The first kappa shape index (κ1) is 17.8. The third-order valence-electron chi connectivity index (χ3n) is 3.87. The van der Waals surface area contributed by atoms with Crippen molar-refractivity contribution in [1.29, 1.82) is 0 Å². The number of nitro groups is 1. The average Bonchev–Trinajstić information content (AvgIpc) is 3.14. The van der Waals surface area contributed by atoms with Gasteiger partial charge in [-0.05, 0) is 18.6 Å². The minimum absolute atomic E-state index is 0.126. The molecule has 0 aliphatic rings. The summed E-state index contributed by atoms with van der Waals surface area (Å²) in [6.45, 7) is 2.45. The highest BCUT2D eigenvalue weighted by Gasteiger charge is 2.18. The number of nitrogens with one attached hydrogen (secondary N) is 1. The molecule has 3 rings (SSSR count). The van der Waals surface area contributed by atoms with E-state index in [4.69, 9.17) is 0 Å². The van der Waals surface area contributed by atoms with Crippen LogP contribution in [-0.4, -0.2) is 15.7 Å². The fourth-order valence-corrected chi connectivity index (χ4v) is 3.30. The zero-order valence-electron chi connectivity index (χ0n) is 14.1. The van der Waals surface area contributed by atoms with E-state index in [9.17, 15) is 14.9 Å². The fourth-order valence-electron chi connectivity index (χ4n) is 2.49. The minimum Gasteiger partial charge on any atom is -0.373 e. The lowest BCUT2D eigenvalue weighted by molar-refractivity contribution is -0.384. The maximum Gasteiger partial charge on any atom is 0.293 e. The van der Waals surface area contributed by atoms with Crippen LogP contribution < -0.4 is 5.32 Å². The molecule has 0 radical (unpaired) electrons. The maximum absolute atomic E-state index is 12.5. The van der Waals surface area contributed by atoms with E-state index in [1.165, 1.54) is 10.9 Å². The Hall–Kier alpha value is -3.06. The number of rotatable bonds is 7. The van der Waals surface area contributed by atoms with E-state index < -0.39 is 4.92 Å². The van der Waals surface area contributed by atoms with Crippen molar-refractivity contribution in [2.24, 2.45) is 0 Å². The quantitative estimate of drug-likeness (QED) is 0.379. The molecule has 0 fully saturated rings. The van der Waals surface area contributed by atoms with Crippen LogP contribution in [0.15, 0.2) is 54.7 Å². The van der Waals surface area contributed by atoms with Crippen LogP contribution in [0.4, 0.5) is 11.4 Å². The van der Waals surface area contributed by atoms with Crippen LogP contribution in [0.5, 0.6) is 0 Å². The van der Waals surface area contributed by atoms with E-state index in [0.717, 1.165) is 11.4 Å². The molecule has 0 amide bonds. The highest BCUT2D eigenvalue weighted by Crippen LogP contribution is 2.27. The highest BCUT2D eigenvalue weighted by molar-refractivity contribution is 7.11. The van der Waals surface area contributed by atoms with E-state index in [1.807, 2.05) is 12.3 Å². The van der Waals surface area contributed by atoms with Crippen molar-refractivity contribution < 1.29 is 9.72 Å². The summed E-state index contributed by atoms with van der Waals surface area (Å²) in [6.07, 6.45) is 2.73. The number of ketones is 1. The van der Waals surface area contributed by atoms with E-state index >= 15 is 0 Å². The van der Waals surface area contributed by atoms with Gasteiger partial charge in [-0.2, -0.15) is 0 Å². The molecule has 7 heteroatoms. The molecule has 0 saturated carbocycles. The van der Waals surface area contributed by atoms with Crippen molar-refractivity contribution in [2.75, 3.05) is 5.32 Å². The molecule has 6 nitrogen and oxygen atoms in total. The second-order valence-corrected chi connectivity index (χ2v) is 6.81. The molecule has 132 valence electrons. The summed E-state index contributed by atoms with van der Waals surface area (Å²) in [7, 11) is 0. The number of carbonyl (C=O) groups excluding carboxylic acids is 1. The van der Waals surface area contributed by atoms with Crippen LogP contribution in [-0.2, 0) is 13.0 Å². The van der Waals surface area contributed by atoms with Crippen LogP contribution in [0.3, 0.4) is 0 Å². The molecule has 3 aromatic rings. The van der Waals surface area contributed by atoms with E-state index in [-0.39, 0.29) is 17.0 Å². The lowest BCUT2D eigenvalue weighted by Crippen LogP contribution is -2.06. The van der Waals surface area contributed by atoms with Crippen molar-refractivity contribution >= 4 is 28.5 Å². The van der Waals surface area contributed by atoms with Gasteiger partial charge in [-0.3, -0.25) is 14.9 Å². The fraction of sp³-hybridized carbons (Fsp3) is 0.158. The first-order valence-corrected chi connectivity index (χ1v) is 8.95. The molecule has 1 aromatic heterocycles. The monoisotopic (exact) mass is 367 g/mol. The van der Waals surface area contributed by atoms with Crippen LogP contribution in [0.25, 0.3) is 0 Å². The van der Waals surface area contributed by atoms with Crippen LogP contribution >= 0.6 is 11.3 Å². The molecule has 0 unspecified atom stereocenters. The Bertz CT molecular complexity index is 938. The highest BCUT2D eigenvalue weighted by atomic mass is 32.1. The van der Waals surface area contributed by atoms with Gasteiger partial charge in [0.15, 0.2) is 5.78 Å². The summed E-state index contributed by atoms with van der Waals surface area (Å²) in [5.74, 6) is -0.243. The normalized spacial score (nSPS) is 10.5. The standard InChI is InChI=1S/C19H17N3O3S/c1-2-15-11-21-18(26-15)12-20-16-9-8-14(10-17(16)22(24)25)19(23)13-6-4-3-5-7-13/h3-11,20H,2,12H2,1H3. The zero-order chi connectivity index (χ0) is 18.5. The first-order chi connectivity index (χ1) is 12.6. The molecular formula is C19H17N3O3S. The molecule has 0 aliphatic heterocycles. The number of benzene rings is 2. The number of hydrogen-bond acceptors (Lipinski definition) is 6. The van der Waals surface area contributed by atoms with Gasteiger partial charge in [0.1, 0.15) is 10.7 Å². The predicted octanol–water partition coefficient (Wildman–Crippen LogP) is 4.46. The predicted molar refractivity (Wildman–Crippen MR) is 102 cm³/mol. The molecule has 0 spiro atoms. The number of anilines is 1. The molecular weight excluding hydrogens is 350 g/mol. The Balaban J connectivity index is 1.82. The summed E-state index contributed by atoms with van der Waals surface area (Å²) < 4.78 is 0. The van der Waals surface area contributed by atoms with Crippen LogP contribution in [0.1, 0.15) is 32.7 Å². The molecule has 0 atom stereocenters. The van der Waals surface area contributed by atoms with E-state index in [1.54, 1.807) is 47.7 Å². The van der Waals surface area contributed by atoms with Crippen molar-refractivity contribution in [3.63, 3.8) is 0 Å². The Labute approximate surface area is 154 Å². The van der Waals surface area contributed by atoms with Gasteiger partial charge in [0.2, 0.25) is 0 Å². The zero-order valence-corrected chi connectivity index (χ0v) is 15.0. The number of aromatic nitrogens is 1. The molecule has 0 bridgehead atoms. The van der Waals surface area contributed by atoms with Gasteiger partial charge in [-0.1, -0.05) is 37.3 Å². The Morgan fingerprint density at radius 1 is 1.19 bits per heavy atom. The van der Waals surface area contributed by atoms with Crippen LogP contribution in [0, 0.1) is 10.1 Å². The van der Waals surface area contributed by atoms with Crippen LogP contribution in [0.2, 0.25) is 0 Å². The smallest absolute Gasteiger partial charge is 0.293 e. The minimum atomic E-state index is -0.483. The number of nitro benzene ring substituents is 1. The molecule has 0 saturated heterocycles. The molecule has 2 aromatic carbocycles. The number of hydrogen-bond donors (Lipinski definition) is 1. The first-order valence-electron chi connectivity index (χ1n) is 8.14. The SMILES string of the molecule is CCc1cnc(CNc2ccc(C(=O)c3ccccc3)cc2[N+](=O)[O-])s1. The summed E-state index contributed by atoms with van der Waals surface area (Å²) in [6, 6.07) is 13.2. The summed E-state index contributed by atoms with van der Waals surface area (Å²) in [4.78, 5) is 28.9. The van der Waals surface area contributed by atoms with Crippen molar-refractivity contribution in [3.05, 3.63) is 85.9 Å². The summed E-state index contributed by atoms with van der Waals surface area (Å²) in [5, 5.41) is 15.3. The van der Waals surface area contributed by atoms with Gasteiger partial charge in [-0.15, -0.1) is 11.3 Å². The third-order valence-corrected chi connectivity index (χ3v) is 5.01. The van der Waals surface area contributed by atoms with Crippen molar-refractivity contribution in [3.8, 4) is 0 Å². The molecule has 1 N–H and O–H groups in total. The number of nitrogens with zero attached hydrogens (tertiary/aromatic N) is 2. The summed E-state index contributed by atoms with van der Waals surface area (Å²) in [5.41, 5.74) is 1.03. The second kappa shape index (κ2) is 7.88. The number of carbonyl (C=O) groups is 1. The molecule has 1 heterocycles. The van der Waals surface area contributed by atoms with Gasteiger partial charge in [0, 0.05) is 28.3 Å². The lowest BCUT2D eigenvalue weighted by Gasteiger charge is -2.07. The average molecular weight is 367 g/mol. The Kier molecular flexibility index (Phi) is 5.38. The third kappa shape index (κ3) is 3.94. The maximum atomic E-state index is 12.5. The second-order valence-electron chi connectivity index (χ2n) is 5.61. The van der Waals surface area contributed by atoms with Gasteiger partial charge >= 0.3 is 0 Å². The van der Waals surface area contributed by atoms with Crippen molar-refractivity contribution in [1.82, 2.24) is 4.98 Å². The van der Waals surface area contributed by atoms with Gasteiger partial charge < -0.3 is 5.32 Å². The lowest BCUT2D eigenvalue weighted by atomic mass is 10.0. The largest absolute Gasteiger partial charge is 0.373 e. The number of aryl methyl sites for hydroxylation is 1.